The Morgan fingerprint density at radius 2 is 2.09 bits per heavy atom. The van der Waals surface area contributed by atoms with Gasteiger partial charge in [0.1, 0.15) is 0 Å². The lowest BCUT2D eigenvalue weighted by Crippen LogP contribution is -2.40. The Kier molecular flexibility index (Phi) is 5.58. The van der Waals surface area contributed by atoms with Crippen LogP contribution in [0.2, 0.25) is 0 Å². The van der Waals surface area contributed by atoms with Crippen LogP contribution in [0.25, 0.3) is 0 Å². The summed E-state index contributed by atoms with van der Waals surface area (Å²) in [5.74, 6) is 0.179. The number of rotatable bonds is 7. The van der Waals surface area contributed by atoms with E-state index in [2.05, 4.69) is 5.32 Å². The van der Waals surface area contributed by atoms with Crippen molar-refractivity contribution in [2.45, 2.75) is 32.7 Å². The van der Waals surface area contributed by atoms with Crippen LogP contribution in [-0.2, 0) is 21.4 Å². The van der Waals surface area contributed by atoms with Crippen molar-refractivity contribution in [2.75, 3.05) is 19.3 Å². The number of nitrogens with zero attached hydrogens (tertiary/aromatic N) is 1. The number of sulfonamides is 1. The number of aryl methyl sites for hydroxylation is 1. The number of hydrogen-bond donors (Lipinski definition) is 1. The monoisotopic (exact) mass is 324 g/mol. The Balaban J connectivity index is 1.90. The largest absolute Gasteiger partial charge is 0.355 e. The van der Waals surface area contributed by atoms with Crippen LogP contribution in [0.15, 0.2) is 24.3 Å². The van der Waals surface area contributed by atoms with Crippen LogP contribution in [0, 0.1) is 12.8 Å². The molecule has 0 radical (unpaired) electrons. The molecule has 1 aromatic rings. The Hall–Kier alpha value is -1.40. The van der Waals surface area contributed by atoms with Crippen LogP contribution in [0.5, 0.6) is 0 Å². The van der Waals surface area contributed by atoms with Gasteiger partial charge in [-0.05, 0) is 25.3 Å². The molecule has 1 fully saturated rings. The fraction of sp³-hybridized carbons (Fsp3) is 0.562. The minimum Gasteiger partial charge on any atom is -0.355 e. The molecule has 1 saturated carbocycles. The number of amides is 1. The molecule has 122 valence electrons. The molecule has 22 heavy (non-hydrogen) atoms. The van der Waals surface area contributed by atoms with Crippen LogP contribution < -0.4 is 5.32 Å². The molecule has 0 heterocycles. The summed E-state index contributed by atoms with van der Waals surface area (Å²) in [5, 5.41) is 2.84. The van der Waals surface area contributed by atoms with Crippen LogP contribution in [0.4, 0.5) is 0 Å². The highest BCUT2D eigenvalue weighted by molar-refractivity contribution is 7.88. The van der Waals surface area contributed by atoms with Crippen molar-refractivity contribution in [3.63, 3.8) is 0 Å². The highest BCUT2D eigenvalue weighted by Crippen LogP contribution is 2.26. The maximum Gasteiger partial charge on any atom is 0.223 e. The molecule has 0 spiro atoms. The molecular weight excluding hydrogens is 300 g/mol. The second-order valence-electron chi connectivity index (χ2n) is 6.00. The predicted molar refractivity (Wildman–Crippen MR) is 86.8 cm³/mol. The second-order valence-corrected chi connectivity index (χ2v) is 7.99. The molecule has 0 atom stereocenters. The molecule has 0 aromatic heterocycles. The van der Waals surface area contributed by atoms with Crippen molar-refractivity contribution < 1.29 is 13.2 Å². The van der Waals surface area contributed by atoms with Crippen molar-refractivity contribution in [1.82, 2.24) is 9.62 Å². The number of nitrogens with one attached hydrogen (secondary N) is 1. The number of hydrogen-bond acceptors (Lipinski definition) is 3. The molecular formula is C16H24N2O3S. The van der Waals surface area contributed by atoms with Gasteiger partial charge in [-0.15, -0.1) is 0 Å². The molecule has 0 bridgehead atoms. The Morgan fingerprint density at radius 3 is 2.64 bits per heavy atom. The first-order chi connectivity index (χ1) is 10.4. The van der Waals surface area contributed by atoms with Crippen LogP contribution in [0.1, 0.15) is 30.4 Å². The standard InChI is InChI=1S/C16H24N2O3S/c1-13-5-3-6-14(11-13)12-18(22(2,20)21)10-9-17-16(19)15-7-4-8-15/h3,5-6,11,15H,4,7-10,12H2,1-2H3,(H,17,19). The van der Waals surface area contributed by atoms with Gasteiger partial charge in [0.15, 0.2) is 0 Å². The van der Waals surface area contributed by atoms with Gasteiger partial charge in [-0.3, -0.25) is 4.79 Å². The van der Waals surface area contributed by atoms with E-state index in [-0.39, 0.29) is 11.8 Å². The predicted octanol–water partition coefficient (Wildman–Crippen LogP) is 1.67. The summed E-state index contributed by atoms with van der Waals surface area (Å²) in [6.45, 7) is 2.96. The van der Waals surface area contributed by atoms with Crippen LogP contribution in [0.3, 0.4) is 0 Å². The van der Waals surface area contributed by atoms with E-state index in [0.29, 0.717) is 19.6 Å². The summed E-state index contributed by atoms with van der Waals surface area (Å²) in [6.07, 6.45) is 4.22. The number of carbonyl (C=O) groups excluding carboxylic acids is 1. The molecule has 1 amide bonds. The van der Waals surface area contributed by atoms with Crippen molar-refractivity contribution in [3.05, 3.63) is 35.4 Å². The van der Waals surface area contributed by atoms with E-state index in [0.717, 1.165) is 30.4 Å². The minimum atomic E-state index is -3.30. The van der Waals surface area contributed by atoms with E-state index < -0.39 is 10.0 Å². The summed E-state index contributed by atoms with van der Waals surface area (Å²) < 4.78 is 25.2. The molecule has 5 nitrogen and oxygen atoms in total. The first-order valence-corrected chi connectivity index (χ1v) is 9.49. The smallest absolute Gasteiger partial charge is 0.223 e. The molecule has 0 aliphatic heterocycles. The fourth-order valence-electron chi connectivity index (χ4n) is 2.49. The zero-order chi connectivity index (χ0) is 16.2. The molecule has 0 saturated heterocycles. The Morgan fingerprint density at radius 1 is 1.36 bits per heavy atom. The molecule has 1 aliphatic carbocycles. The van der Waals surface area contributed by atoms with Gasteiger partial charge in [0.25, 0.3) is 0 Å². The summed E-state index contributed by atoms with van der Waals surface area (Å²) in [7, 11) is -3.30. The van der Waals surface area contributed by atoms with E-state index in [1.165, 1.54) is 10.6 Å². The lowest BCUT2D eigenvalue weighted by molar-refractivity contribution is -0.127. The Bertz CT molecular complexity index is 624. The van der Waals surface area contributed by atoms with Gasteiger partial charge in [0, 0.05) is 25.6 Å². The quantitative estimate of drug-likeness (QED) is 0.830. The lowest BCUT2D eigenvalue weighted by Gasteiger charge is -2.25. The van der Waals surface area contributed by atoms with Gasteiger partial charge in [-0.1, -0.05) is 36.2 Å². The van der Waals surface area contributed by atoms with Gasteiger partial charge in [0.2, 0.25) is 15.9 Å². The molecule has 1 N–H and O–H groups in total. The van der Waals surface area contributed by atoms with Crippen molar-refractivity contribution >= 4 is 15.9 Å². The molecule has 1 aromatic carbocycles. The van der Waals surface area contributed by atoms with Gasteiger partial charge >= 0.3 is 0 Å². The Labute approximate surface area is 132 Å². The first-order valence-electron chi connectivity index (χ1n) is 7.64. The number of carbonyl (C=O) groups is 1. The fourth-order valence-corrected chi connectivity index (χ4v) is 3.30. The lowest BCUT2D eigenvalue weighted by atomic mass is 9.85. The van der Waals surface area contributed by atoms with Crippen molar-refractivity contribution in [1.29, 1.82) is 0 Å². The summed E-state index contributed by atoms with van der Waals surface area (Å²) in [5.41, 5.74) is 2.06. The minimum absolute atomic E-state index is 0.0512. The average molecular weight is 324 g/mol. The normalized spacial score (nSPS) is 15.6. The topological polar surface area (TPSA) is 66.5 Å². The van der Waals surface area contributed by atoms with Gasteiger partial charge < -0.3 is 5.32 Å². The van der Waals surface area contributed by atoms with Gasteiger partial charge in [-0.2, -0.15) is 4.31 Å². The zero-order valence-corrected chi connectivity index (χ0v) is 14.0. The highest BCUT2D eigenvalue weighted by Gasteiger charge is 2.25. The van der Waals surface area contributed by atoms with E-state index in [1.54, 1.807) is 0 Å². The third-order valence-electron chi connectivity index (χ3n) is 4.05. The average Bonchev–Trinajstić information content (AvgIpc) is 2.34. The number of benzene rings is 1. The molecule has 0 unspecified atom stereocenters. The van der Waals surface area contributed by atoms with Crippen LogP contribution in [-0.4, -0.2) is 38.0 Å². The van der Waals surface area contributed by atoms with E-state index >= 15 is 0 Å². The van der Waals surface area contributed by atoms with E-state index in [1.807, 2.05) is 31.2 Å². The van der Waals surface area contributed by atoms with Crippen molar-refractivity contribution in [3.8, 4) is 0 Å². The highest BCUT2D eigenvalue weighted by atomic mass is 32.2. The third kappa shape index (κ3) is 4.81. The first kappa shape index (κ1) is 17.0. The van der Waals surface area contributed by atoms with Crippen LogP contribution >= 0.6 is 0 Å². The van der Waals surface area contributed by atoms with E-state index in [4.69, 9.17) is 0 Å². The second kappa shape index (κ2) is 7.24. The summed E-state index contributed by atoms with van der Waals surface area (Å²) in [4.78, 5) is 11.8. The van der Waals surface area contributed by atoms with Crippen molar-refractivity contribution in [2.24, 2.45) is 5.92 Å². The summed E-state index contributed by atoms with van der Waals surface area (Å²) >= 11 is 0. The van der Waals surface area contributed by atoms with Gasteiger partial charge in [0.05, 0.1) is 6.26 Å². The maximum absolute atomic E-state index is 11.9. The molecule has 6 heteroatoms. The van der Waals surface area contributed by atoms with E-state index in [9.17, 15) is 13.2 Å². The zero-order valence-electron chi connectivity index (χ0n) is 13.2. The molecule has 2 rings (SSSR count). The third-order valence-corrected chi connectivity index (χ3v) is 5.30. The maximum atomic E-state index is 11.9. The summed E-state index contributed by atoms with van der Waals surface area (Å²) in [6, 6.07) is 7.79. The molecule has 1 aliphatic rings. The SMILES string of the molecule is Cc1cccc(CN(CCNC(=O)C2CCC2)S(C)(=O)=O)c1. The van der Waals surface area contributed by atoms with Gasteiger partial charge in [-0.25, -0.2) is 8.42 Å².